The lowest BCUT2D eigenvalue weighted by Gasteiger charge is -2.29. The van der Waals surface area contributed by atoms with Crippen molar-refractivity contribution in [2.24, 2.45) is 7.05 Å². The van der Waals surface area contributed by atoms with Crippen LogP contribution in [-0.4, -0.2) is 40.4 Å². The lowest BCUT2D eigenvalue weighted by Crippen LogP contribution is -2.40. The maximum absolute atomic E-state index is 4.43. The molecule has 106 valence electrons. The van der Waals surface area contributed by atoms with Gasteiger partial charge in [0.15, 0.2) is 0 Å². The number of likely N-dealkylation sites (tertiary alicyclic amines) is 1. The van der Waals surface area contributed by atoms with Crippen LogP contribution in [0.4, 0.5) is 0 Å². The Kier molecular flexibility index (Phi) is 3.89. The monoisotopic (exact) mass is 262 g/mol. The van der Waals surface area contributed by atoms with E-state index in [0.717, 1.165) is 0 Å². The summed E-state index contributed by atoms with van der Waals surface area (Å²) in [5, 5.41) is 8.25. The molecule has 2 unspecified atom stereocenters. The Hall–Kier alpha value is -0.870. The number of hydrogen-bond donors (Lipinski definition) is 1. The summed E-state index contributed by atoms with van der Waals surface area (Å²) in [7, 11) is 2.06. The van der Waals surface area contributed by atoms with Gasteiger partial charge < -0.3 is 10.2 Å². The van der Waals surface area contributed by atoms with Gasteiger partial charge in [-0.2, -0.15) is 5.10 Å². The van der Waals surface area contributed by atoms with E-state index in [1.54, 1.807) is 0 Å². The van der Waals surface area contributed by atoms with Crippen molar-refractivity contribution < 1.29 is 0 Å². The molecule has 1 aliphatic heterocycles. The molecular weight excluding hydrogens is 236 g/mol. The minimum atomic E-state index is 0.509. The van der Waals surface area contributed by atoms with E-state index >= 15 is 0 Å². The molecule has 0 spiro atoms. The molecule has 2 heterocycles. The minimum absolute atomic E-state index is 0.509. The Bertz CT molecular complexity index is 420. The number of nitrogens with one attached hydrogen (secondary N) is 1. The maximum Gasteiger partial charge on any atom is 0.0540 e. The number of rotatable bonds is 4. The van der Waals surface area contributed by atoms with Crippen molar-refractivity contribution in [3.05, 3.63) is 17.5 Å². The summed E-state index contributed by atoms with van der Waals surface area (Å²) in [5.74, 6) is 0. The molecular formula is C15H26N4. The smallest absolute Gasteiger partial charge is 0.0540 e. The summed E-state index contributed by atoms with van der Waals surface area (Å²) < 4.78 is 2.05. The van der Waals surface area contributed by atoms with Gasteiger partial charge in [0.2, 0.25) is 0 Å². The topological polar surface area (TPSA) is 33.1 Å². The van der Waals surface area contributed by atoms with Crippen molar-refractivity contribution in [2.45, 2.75) is 51.1 Å². The summed E-state index contributed by atoms with van der Waals surface area (Å²) in [6.45, 7) is 6.08. The first-order valence-corrected chi connectivity index (χ1v) is 7.73. The second kappa shape index (κ2) is 5.63. The van der Waals surface area contributed by atoms with Crippen LogP contribution >= 0.6 is 0 Å². The lowest BCUT2D eigenvalue weighted by molar-refractivity contribution is 0.279. The zero-order chi connectivity index (χ0) is 13.2. The lowest BCUT2D eigenvalue weighted by atomic mass is 9.92. The van der Waals surface area contributed by atoms with Gasteiger partial charge in [0.25, 0.3) is 0 Å². The van der Waals surface area contributed by atoms with E-state index in [1.165, 1.54) is 63.0 Å². The Morgan fingerprint density at radius 3 is 2.95 bits per heavy atom. The molecule has 19 heavy (non-hydrogen) atoms. The second-order valence-corrected chi connectivity index (χ2v) is 6.19. The highest BCUT2D eigenvalue weighted by Gasteiger charge is 2.25. The zero-order valence-electron chi connectivity index (χ0n) is 12.2. The molecule has 0 saturated carbocycles. The molecule has 4 nitrogen and oxygen atoms in total. The molecule has 3 rings (SSSR count). The van der Waals surface area contributed by atoms with Crippen LogP contribution in [0.15, 0.2) is 6.20 Å². The van der Waals surface area contributed by atoms with Crippen molar-refractivity contribution in [1.82, 2.24) is 20.0 Å². The summed E-state index contributed by atoms with van der Waals surface area (Å²) in [5.41, 5.74) is 2.86. The highest BCUT2D eigenvalue weighted by Crippen LogP contribution is 2.29. The third-order valence-electron chi connectivity index (χ3n) is 4.59. The molecule has 2 aliphatic rings. The number of fused-ring (bicyclic) bond motifs is 1. The average Bonchev–Trinajstić information content (AvgIpc) is 3.01. The largest absolute Gasteiger partial charge is 0.306 e. The second-order valence-electron chi connectivity index (χ2n) is 6.19. The number of aromatic nitrogens is 2. The number of hydrogen-bond acceptors (Lipinski definition) is 3. The Morgan fingerprint density at radius 2 is 2.16 bits per heavy atom. The van der Waals surface area contributed by atoms with E-state index < -0.39 is 0 Å². The fraction of sp³-hybridized carbons (Fsp3) is 0.800. The predicted octanol–water partition coefficient (Wildman–Crippen LogP) is 1.87. The van der Waals surface area contributed by atoms with E-state index in [1.807, 2.05) is 4.68 Å². The van der Waals surface area contributed by atoms with Gasteiger partial charge in [0.1, 0.15) is 0 Å². The summed E-state index contributed by atoms with van der Waals surface area (Å²) >= 11 is 0. The molecule has 1 fully saturated rings. The maximum atomic E-state index is 4.43. The van der Waals surface area contributed by atoms with Crippen molar-refractivity contribution >= 4 is 0 Å². The van der Waals surface area contributed by atoms with E-state index in [9.17, 15) is 0 Å². The Balaban J connectivity index is 1.60. The standard InChI is InChI=1S/C15H26N4/c1-12(11-19-8-3-4-9-19)17-14-6-5-7-15-13(14)10-16-18(15)2/h10,12,14,17H,3-9,11H2,1-2H3. The molecule has 1 N–H and O–H groups in total. The molecule has 0 radical (unpaired) electrons. The molecule has 1 aliphatic carbocycles. The molecule has 0 amide bonds. The van der Waals surface area contributed by atoms with Crippen LogP contribution in [0, 0.1) is 0 Å². The van der Waals surface area contributed by atoms with Crippen LogP contribution in [0.2, 0.25) is 0 Å². The van der Waals surface area contributed by atoms with Crippen molar-refractivity contribution in [3.8, 4) is 0 Å². The highest BCUT2D eigenvalue weighted by molar-refractivity contribution is 5.24. The first kappa shape index (κ1) is 13.1. The van der Waals surface area contributed by atoms with Crippen molar-refractivity contribution in [1.29, 1.82) is 0 Å². The van der Waals surface area contributed by atoms with Crippen LogP contribution in [-0.2, 0) is 13.5 Å². The first-order chi connectivity index (χ1) is 9.24. The quantitative estimate of drug-likeness (QED) is 0.899. The zero-order valence-corrected chi connectivity index (χ0v) is 12.2. The number of nitrogens with zero attached hydrogens (tertiary/aromatic N) is 3. The van der Waals surface area contributed by atoms with Crippen LogP contribution in [0.5, 0.6) is 0 Å². The molecule has 1 saturated heterocycles. The van der Waals surface area contributed by atoms with Gasteiger partial charge in [0, 0.05) is 36.9 Å². The Morgan fingerprint density at radius 1 is 1.37 bits per heavy atom. The van der Waals surface area contributed by atoms with Crippen LogP contribution in [0.25, 0.3) is 0 Å². The number of aryl methyl sites for hydroxylation is 1. The van der Waals surface area contributed by atoms with Gasteiger partial charge in [-0.05, 0) is 52.1 Å². The van der Waals surface area contributed by atoms with Gasteiger partial charge in [-0.25, -0.2) is 0 Å². The van der Waals surface area contributed by atoms with Gasteiger partial charge >= 0.3 is 0 Å². The molecule has 4 heteroatoms. The van der Waals surface area contributed by atoms with Crippen LogP contribution < -0.4 is 5.32 Å². The minimum Gasteiger partial charge on any atom is -0.306 e. The fourth-order valence-corrected chi connectivity index (χ4v) is 3.63. The summed E-state index contributed by atoms with van der Waals surface area (Å²) in [6, 6.07) is 1.07. The molecule has 1 aromatic heterocycles. The fourth-order valence-electron chi connectivity index (χ4n) is 3.63. The van der Waals surface area contributed by atoms with Crippen LogP contribution in [0.3, 0.4) is 0 Å². The molecule has 2 atom stereocenters. The SMILES string of the molecule is CC(CN1CCCC1)NC1CCCc2c1cnn2C. The summed E-state index contributed by atoms with van der Waals surface area (Å²) in [4.78, 5) is 2.59. The normalized spacial score (nSPS) is 25.5. The molecule has 1 aromatic rings. The van der Waals surface area contributed by atoms with Gasteiger partial charge in [0.05, 0.1) is 6.20 Å². The van der Waals surface area contributed by atoms with Crippen molar-refractivity contribution in [2.75, 3.05) is 19.6 Å². The van der Waals surface area contributed by atoms with Crippen LogP contribution in [0.1, 0.15) is 49.9 Å². The highest BCUT2D eigenvalue weighted by atomic mass is 15.3. The first-order valence-electron chi connectivity index (χ1n) is 7.73. The van der Waals surface area contributed by atoms with E-state index in [0.29, 0.717) is 12.1 Å². The van der Waals surface area contributed by atoms with Gasteiger partial charge in [-0.15, -0.1) is 0 Å². The Labute approximate surface area is 116 Å². The molecule has 0 bridgehead atoms. The van der Waals surface area contributed by atoms with E-state index in [2.05, 4.69) is 35.5 Å². The third kappa shape index (κ3) is 2.84. The van der Waals surface area contributed by atoms with Gasteiger partial charge in [-0.3, -0.25) is 4.68 Å². The van der Waals surface area contributed by atoms with Gasteiger partial charge in [-0.1, -0.05) is 0 Å². The predicted molar refractivity (Wildman–Crippen MR) is 77.2 cm³/mol. The van der Waals surface area contributed by atoms with E-state index in [4.69, 9.17) is 0 Å². The molecule has 0 aromatic carbocycles. The third-order valence-corrected chi connectivity index (χ3v) is 4.59. The van der Waals surface area contributed by atoms with E-state index in [-0.39, 0.29) is 0 Å². The van der Waals surface area contributed by atoms with Crippen molar-refractivity contribution in [3.63, 3.8) is 0 Å². The summed E-state index contributed by atoms with van der Waals surface area (Å²) in [6.07, 6.45) is 8.54. The average molecular weight is 262 g/mol.